The van der Waals surface area contributed by atoms with E-state index >= 15 is 0 Å². The largest absolute Gasteiger partial charge is 0.416 e. The van der Waals surface area contributed by atoms with Crippen molar-refractivity contribution in [3.63, 3.8) is 0 Å². The number of carbonyl (C=O) groups excluding carboxylic acids is 1. The summed E-state index contributed by atoms with van der Waals surface area (Å²) in [5, 5.41) is 10.1. The summed E-state index contributed by atoms with van der Waals surface area (Å²) in [5.74, 6) is 0.841. The first-order valence-electron chi connectivity index (χ1n) is 11.1. The van der Waals surface area contributed by atoms with Crippen molar-refractivity contribution in [2.75, 3.05) is 57.3 Å². The van der Waals surface area contributed by atoms with Crippen molar-refractivity contribution in [2.24, 2.45) is 0 Å². The first-order valence-corrected chi connectivity index (χ1v) is 11.1. The zero-order chi connectivity index (χ0) is 23.5. The van der Waals surface area contributed by atoms with E-state index in [2.05, 4.69) is 19.8 Å². The molecule has 3 heterocycles. The number of carbonyl (C=O) groups is 1. The Morgan fingerprint density at radius 1 is 1.06 bits per heavy atom. The molecule has 33 heavy (non-hydrogen) atoms. The van der Waals surface area contributed by atoms with Gasteiger partial charge in [0.15, 0.2) is 0 Å². The van der Waals surface area contributed by atoms with Crippen molar-refractivity contribution in [3.05, 3.63) is 54.0 Å². The molecule has 0 aliphatic carbocycles. The predicted molar refractivity (Wildman–Crippen MR) is 117 cm³/mol. The van der Waals surface area contributed by atoms with E-state index in [0.717, 1.165) is 44.1 Å². The molecule has 1 N–H and O–H groups in total. The highest BCUT2D eigenvalue weighted by Crippen LogP contribution is 2.38. The normalized spacial score (nSPS) is 19.5. The number of aliphatic hydroxyl groups is 1. The lowest BCUT2D eigenvalue weighted by Gasteiger charge is -2.42. The molecule has 2 aliphatic rings. The molecule has 2 fully saturated rings. The molecular weight excluding hydrogens is 435 g/mol. The van der Waals surface area contributed by atoms with E-state index in [4.69, 9.17) is 0 Å². The summed E-state index contributed by atoms with van der Waals surface area (Å²) in [7, 11) is 0. The average molecular weight is 464 g/mol. The van der Waals surface area contributed by atoms with Crippen LogP contribution in [0.25, 0.3) is 0 Å². The number of hydrogen-bond donors (Lipinski definition) is 1. The molecule has 0 atom stereocenters. The lowest BCUT2D eigenvalue weighted by molar-refractivity contribution is -0.137. The van der Waals surface area contributed by atoms with Crippen LogP contribution in [0, 0.1) is 0 Å². The number of piperazine rings is 1. The third kappa shape index (κ3) is 5.27. The van der Waals surface area contributed by atoms with Gasteiger partial charge in [-0.2, -0.15) is 13.2 Å². The molecule has 7 nitrogen and oxygen atoms in total. The fourth-order valence-electron chi connectivity index (χ4n) is 4.63. The Morgan fingerprint density at radius 3 is 2.39 bits per heavy atom. The van der Waals surface area contributed by atoms with Gasteiger partial charge in [0.1, 0.15) is 5.82 Å². The number of nitrogens with zero attached hydrogens (tertiary/aromatic N) is 5. The second-order valence-corrected chi connectivity index (χ2v) is 8.72. The summed E-state index contributed by atoms with van der Waals surface area (Å²) >= 11 is 0. The fourth-order valence-corrected chi connectivity index (χ4v) is 4.63. The number of amides is 1. The van der Waals surface area contributed by atoms with Gasteiger partial charge in [-0.3, -0.25) is 14.7 Å². The molecule has 1 amide bonds. The summed E-state index contributed by atoms with van der Waals surface area (Å²) in [6, 6.07) is 5.19. The topological polar surface area (TPSA) is 72.8 Å². The van der Waals surface area contributed by atoms with Crippen LogP contribution in [0.5, 0.6) is 0 Å². The maximum Gasteiger partial charge on any atom is 0.416 e. The van der Waals surface area contributed by atoms with Gasteiger partial charge in [-0.25, -0.2) is 4.98 Å². The molecule has 0 spiro atoms. The van der Waals surface area contributed by atoms with Crippen LogP contribution in [0.1, 0.15) is 24.0 Å². The Kier molecular flexibility index (Phi) is 6.85. The number of likely N-dealkylation sites (tertiary alicyclic amines) is 1. The Hall–Kier alpha value is -2.72. The third-order valence-electron chi connectivity index (χ3n) is 6.78. The average Bonchev–Trinajstić information content (AvgIpc) is 2.84. The van der Waals surface area contributed by atoms with E-state index in [1.807, 2.05) is 0 Å². The predicted octanol–water partition coefficient (Wildman–Crippen LogP) is 2.17. The first-order chi connectivity index (χ1) is 15.8. The summed E-state index contributed by atoms with van der Waals surface area (Å²) in [6.45, 7) is 3.88. The maximum absolute atomic E-state index is 13.1. The summed E-state index contributed by atoms with van der Waals surface area (Å²) < 4.78 is 39.4. The van der Waals surface area contributed by atoms with Crippen LogP contribution in [-0.2, 0) is 16.4 Å². The van der Waals surface area contributed by atoms with Crippen LogP contribution in [0.15, 0.2) is 42.9 Å². The lowest BCUT2D eigenvalue weighted by atomic mass is 9.73. The minimum atomic E-state index is -4.43. The van der Waals surface area contributed by atoms with E-state index in [-0.39, 0.29) is 12.5 Å². The molecule has 2 aromatic rings. The second kappa shape index (κ2) is 9.64. The first kappa shape index (κ1) is 23.4. The SMILES string of the molecule is O=C(CN1CCN(c2cnccn2)CC1)N1CCC(CO)(c2cccc(C(F)(F)F)c2)CC1. The number of alkyl halides is 3. The molecule has 0 unspecified atom stereocenters. The Labute approximate surface area is 190 Å². The number of aromatic nitrogens is 2. The zero-order valence-corrected chi connectivity index (χ0v) is 18.3. The van der Waals surface area contributed by atoms with Gasteiger partial charge >= 0.3 is 6.18 Å². The highest BCUT2D eigenvalue weighted by molar-refractivity contribution is 5.78. The van der Waals surface area contributed by atoms with Crippen LogP contribution < -0.4 is 4.90 Å². The van der Waals surface area contributed by atoms with Gasteiger partial charge in [0.05, 0.1) is 24.9 Å². The van der Waals surface area contributed by atoms with Gasteiger partial charge in [0, 0.05) is 57.1 Å². The highest BCUT2D eigenvalue weighted by Gasteiger charge is 2.39. The van der Waals surface area contributed by atoms with Gasteiger partial charge in [0.25, 0.3) is 0 Å². The Bertz CT molecular complexity index is 941. The molecule has 2 saturated heterocycles. The number of benzene rings is 1. The van der Waals surface area contributed by atoms with Gasteiger partial charge in [0.2, 0.25) is 5.91 Å². The monoisotopic (exact) mass is 463 g/mol. The minimum absolute atomic E-state index is 0.0125. The van der Waals surface area contributed by atoms with E-state index in [1.165, 1.54) is 6.07 Å². The smallest absolute Gasteiger partial charge is 0.395 e. The van der Waals surface area contributed by atoms with Crippen molar-refractivity contribution >= 4 is 11.7 Å². The molecule has 10 heteroatoms. The van der Waals surface area contributed by atoms with E-state index in [1.54, 1.807) is 29.6 Å². The van der Waals surface area contributed by atoms with Gasteiger partial charge in [-0.15, -0.1) is 0 Å². The van der Waals surface area contributed by atoms with Gasteiger partial charge in [-0.1, -0.05) is 18.2 Å². The Morgan fingerprint density at radius 2 is 1.79 bits per heavy atom. The summed E-state index contributed by atoms with van der Waals surface area (Å²) in [6.07, 6.45) is 1.45. The van der Waals surface area contributed by atoms with Crippen molar-refractivity contribution < 1.29 is 23.1 Å². The zero-order valence-electron chi connectivity index (χ0n) is 18.3. The fraction of sp³-hybridized carbons (Fsp3) is 0.522. The molecule has 1 aromatic heterocycles. The molecule has 0 saturated carbocycles. The van der Waals surface area contributed by atoms with Crippen LogP contribution in [0.4, 0.5) is 19.0 Å². The standard InChI is InChI=1S/C23H28F3N5O2/c24-23(25,26)19-3-1-2-18(14-19)22(17-32)4-8-31(9-5-22)21(33)16-29-10-12-30(13-11-29)20-15-27-6-7-28-20/h1-3,6-7,14-15,32H,4-5,8-13,16-17H2. The molecule has 0 bridgehead atoms. The second-order valence-electron chi connectivity index (χ2n) is 8.72. The molecule has 4 rings (SSSR count). The van der Waals surface area contributed by atoms with Crippen LogP contribution in [-0.4, -0.2) is 83.2 Å². The van der Waals surface area contributed by atoms with Gasteiger partial charge < -0.3 is 14.9 Å². The number of piperidine rings is 1. The molecular formula is C23H28F3N5O2. The molecule has 2 aliphatic heterocycles. The van der Waals surface area contributed by atoms with Crippen molar-refractivity contribution in [3.8, 4) is 0 Å². The van der Waals surface area contributed by atoms with Crippen molar-refractivity contribution in [1.82, 2.24) is 19.8 Å². The van der Waals surface area contributed by atoms with E-state index in [9.17, 15) is 23.1 Å². The number of halogens is 3. The Balaban J connectivity index is 1.31. The summed E-state index contributed by atoms with van der Waals surface area (Å²) in [5.41, 5.74) is -1.00. The van der Waals surface area contributed by atoms with Gasteiger partial charge in [-0.05, 0) is 24.5 Å². The number of rotatable bonds is 5. The maximum atomic E-state index is 13.1. The lowest BCUT2D eigenvalue weighted by Crippen LogP contribution is -2.53. The number of anilines is 1. The van der Waals surface area contributed by atoms with Crippen molar-refractivity contribution in [1.29, 1.82) is 0 Å². The third-order valence-corrected chi connectivity index (χ3v) is 6.78. The van der Waals surface area contributed by atoms with E-state index in [0.29, 0.717) is 38.0 Å². The quantitative estimate of drug-likeness (QED) is 0.733. The van der Waals surface area contributed by atoms with Crippen LogP contribution in [0.2, 0.25) is 0 Å². The minimum Gasteiger partial charge on any atom is -0.395 e. The van der Waals surface area contributed by atoms with E-state index < -0.39 is 17.2 Å². The molecule has 0 radical (unpaired) electrons. The van der Waals surface area contributed by atoms with Crippen LogP contribution >= 0.6 is 0 Å². The van der Waals surface area contributed by atoms with Crippen LogP contribution in [0.3, 0.4) is 0 Å². The molecule has 1 aromatic carbocycles. The van der Waals surface area contributed by atoms with Crippen molar-refractivity contribution in [2.45, 2.75) is 24.4 Å². The number of hydrogen-bond acceptors (Lipinski definition) is 6. The highest BCUT2D eigenvalue weighted by atomic mass is 19.4. The molecule has 178 valence electrons. The number of aliphatic hydroxyl groups excluding tert-OH is 1. The summed E-state index contributed by atoms with van der Waals surface area (Å²) in [4.78, 5) is 27.3.